The topological polar surface area (TPSA) is 462 Å². The summed E-state index contributed by atoms with van der Waals surface area (Å²) in [6.07, 6.45) is 3.04. The van der Waals surface area contributed by atoms with Crippen LogP contribution in [0, 0.1) is 15.4 Å². The molecule has 2 aromatic rings. The monoisotopic (exact) mass is 1490 g/mol. The molecule has 0 aromatic heterocycles. The van der Waals surface area contributed by atoms with Crippen molar-refractivity contribution in [3.8, 4) is 5.75 Å². The Morgan fingerprint density at radius 1 is 0.469 bits per heavy atom. The molecule has 0 radical (unpaired) electrons. The summed E-state index contributed by atoms with van der Waals surface area (Å²) in [5.41, 5.74) is 1.20. The number of ketones is 4. The third kappa shape index (κ3) is 36.0. The van der Waals surface area contributed by atoms with Gasteiger partial charge in [-0.25, -0.2) is 14.4 Å². The number of phenolic OH excluding ortho intramolecular Hbond substituents is 1. The fraction of sp³-hybridized carbons (Fsp3) is 0.612. The van der Waals surface area contributed by atoms with Gasteiger partial charge in [0.25, 0.3) is 0 Å². The van der Waals surface area contributed by atoms with Gasteiger partial charge < -0.3 is 62.1 Å². The number of phenols is 1. The van der Waals surface area contributed by atoms with E-state index in [9.17, 15) is 103 Å². The molecule has 1 saturated heterocycles. The molecule has 3 rings (SSSR count). The second kappa shape index (κ2) is 46.3. The van der Waals surface area contributed by atoms with Crippen LogP contribution < -0.4 is 21.3 Å². The van der Waals surface area contributed by atoms with Crippen LogP contribution in [0.4, 0.5) is 4.79 Å². The van der Waals surface area contributed by atoms with Crippen molar-refractivity contribution in [2.75, 3.05) is 78.5 Å². The number of aliphatic carboxylic acids is 7. The highest BCUT2D eigenvalue weighted by molar-refractivity contribution is 14.1. The number of rotatable bonds is 48. The van der Waals surface area contributed by atoms with Gasteiger partial charge in [-0.15, -0.1) is 0 Å². The highest BCUT2D eigenvalue weighted by Crippen LogP contribution is 2.25. The van der Waals surface area contributed by atoms with Crippen LogP contribution in [0.2, 0.25) is 0 Å². The van der Waals surface area contributed by atoms with E-state index in [1.54, 1.807) is 57.2 Å². The third-order valence-corrected chi connectivity index (χ3v) is 17.7. The fourth-order valence-corrected chi connectivity index (χ4v) is 12.0. The van der Waals surface area contributed by atoms with Gasteiger partial charge in [-0.3, -0.25) is 72.3 Å². The number of carboxylic acids is 7. The molecule has 1 heterocycles. The molecule has 1 fully saturated rings. The van der Waals surface area contributed by atoms with Crippen LogP contribution in [0.3, 0.4) is 0 Å². The minimum atomic E-state index is -1.53. The molecule has 31 heteroatoms. The van der Waals surface area contributed by atoms with Gasteiger partial charge in [-0.05, 0) is 123 Å². The van der Waals surface area contributed by atoms with E-state index >= 15 is 0 Å². The maximum absolute atomic E-state index is 14.6. The van der Waals surface area contributed by atoms with Crippen LogP contribution in [0.5, 0.6) is 5.75 Å². The van der Waals surface area contributed by atoms with Crippen molar-refractivity contribution in [2.45, 2.75) is 172 Å². The first-order chi connectivity index (χ1) is 46.5. The number of unbranched alkanes of at least 4 members (excludes halogenated alkanes) is 6. The van der Waals surface area contributed by atoms with E-state index in [1.165, 1.54) is 13.0 Å². The summed E-state index contributed by atoms with van der Waals surface area (Å²) in [6, 6.07) is 6.83. The lowest BCUT2D eigenvalue weighted by molar-refractivity contribution is -0.145. The van der Waals surface area contributed by atoms with Gasteiger partial charge in [0, 0.05) is 110 Å². The number of hydrogen-bond acceptors (Lipinski definition) is 19. The molecule has 98 heavy (non-hydrogen) atoms. The maximum atomic E-state index is 14.6. The Kier molecular flexibility index (Phi) is 39.8. The average Bonchev–Trinajstić information content (AvgIpc) is 0.864. The van der Waals surface area contributed by atoms with Crippen molar-refractivity contribution < 1.29 is 108 Å². The van der Waals surface area contributed by atoms with Crippen LogP contribution >= 0.6 is 22.6 Å². The Morgan fingerprint density at radius 2 is 1.01 bits per heavy atom. The molecule has 4 amide bonds. The zero-order valence-electron chi connectivity index (χ0n) is 55.6. The van der Waals surface area contributed by atoms with Crippen LogP contribution in [-0.4, -0.2) is 246 Å². The summed E-state index contributed by atoms with van der Waals surface area (Å²) in [6.45, 7) is 2.10. The third-order valence-electron chi connectivity index (χ3n) is 16.8. The highest BCUT2D eigenvalue weighted by Gasteiger charge is 2.34. The van der Waals surface area contributed by atoms with Crippen LogP contribution in [0.15, 0.2) is 48.5 Å². The van der Waals surface area contributed by atoms with Crippen molar-refractivity contribution in [1.82, 2.24) is 40.9 Å². The zero-order chi connectivity index (χ0) is 72.7. The standard InChI is InChI=1S/C67H97IN8O22/c1-44(77)41-73-28-30-74(42-60(85)86)32-34-76(35-33-75(31-29-73)43-61(87)88)55(66(96)97)24-22-50(79)39-48(36-46-21-25-56(80)51(68)37-46)62(89)70-54(38-45-14-6-4-7-15-45)57(81)40-47(63(90)91)16-8-5-10-18-49(78)17-9-2-3-11-20-58(82)69-27-13-12-19-52(64(92)93)71-67(98)72-53(65(94)95)23-26-59(83)84/h4,6-7,14-15,21,25,37,47-48,52-55,80H,2-3,5,8-13,16-20,22-24,26-36,38-43H2,1H3,(H,69,82)(H,70,89)(H,83,84)(H,85,86)(H,87,88)(H,90,91)(H,92,93)(H,94,95)(H,96,97)(H2,71,72,98)/t47-,48-,52?,53-,54+,55?/m0/s1. The van der Waals surface area contributed by atoms with Gasteiger partial charge in [0.15, 0.2) is 5.78 Å². The second-order valence-corrected chi connectivity index (χ2v) is 26.0. The number of carbonyl (C=O) groups excluding carboxylic acids is 7. The number of hydrogen-bond donors (Lipinski definition) is 12. The number of Topliss-reactive ketones (excluding diaryl/α,β-unsaturated/α-hetero) is 4. The molecule has 0 saturated carbocycles. The molecule has 12 N–H and O–H groups in total. The Hall–Kier alpha value is -8.01. The lowest BCUT2D eigenvalue weighted by atomic mass is 9.89. The molecule has 0 bridgehead atoms. The minimum absolute atomic E-state index is 0.0174. The molecular formula is C67H97IN8O22. The van der Waals surface area contributed by atoms with E-state index in [0.29, 0.717) is 78.9 Å². The smallest absolute Gasteiger partial charge is 0.326 e. The normalized spacial score (nSPS) is 15.4. The molecule has 544 valence electrons. The SMILES string of the molecule is CC(=O)CN1CCN(CC(=O)O)CCN(C(CCC(=O)C[C@H](Cc2ccc(O)c(I)c2)C(=O)N[C@H](Cc2ccccc2)C(=O)C[C@H](CCCCCC(=O)CCCCCCC(=O)NCCCCC(NC(=O)N[C@@H](CCC(=O)O)C(=O)O)C(=O)O)C(=O)O)C(=O)O)CCN(CC(=O)O)CC1. The van der Waals surface area contributed by atoms with E-state index < -0.39 is 127 Å². The number of halogens is 1. The first kappa shape index (κ1) is 84.2. The molecule has 6 atom stereocenters. The zero-order valence-corrected chi connectivity index (χ0v) is 57.7. The van der Waals surface area contributed by atoms with Crippen LogP contribution in [0.25, 0.3) is 0 Å². The first-order valence-corrected chi connectivity index (χ1v) is 34.3. The van der Waals surface area contributed by atoms with Crippen molar-refractivity contribution in [3.63, 3.8) is 0 Å². The molecule has 2 unspecified atom stereocenters. The predicted octanol–water partition coefficient (Wildman–Crippen LogP) is 3.93. The Morgan fingerprint density at radius 3 is 1.54 bits per heavy atom. The number of carboxylic acid groups (broad SMARTS) is 7. The van der Waals surface area contributed by atoms with Gasteiger partial charge in [-0.1, -0.05) is 62.1 Å². The first-order valence-electron chi connectivity index (χ1n) is 33.2. The number of nitrogens with one attached hydrogen (secondary N) is 4. The lowest BCUT2D eigenvalue weighted by Gasteiger charge is -2.35. The van der Waals surface area contributed by atoms with Gasteiger partial charge >= 0.3 is 47.8 Å². The van der Waals surface area contributed by atoms with Gasteiger partial charge in [0.05, 0.1) is 35.2 Å². The average molecular weight is 1490 g/mol. The number of urea groups is 1. The number of benzene rings is 2. The summed E-state index contributed by atoms with van der Waals surface area (Å²) < 4.78 is 0.453. The van der Waals surface area contributed by atoms with Gasteiger partial charge in [0.2, 0.25) is 11.8 Å². The van der Waals surface area contributed by atoms with Crippen LogP contribution in [-0.2, 0) is 75.2 Å². The van der Waals surface area contributed by atoms with Crippen molar-refractivity contribution in [3.05, 3.63) is 63.2 Å². The second-order valence-electron chi connectivity index (χ2n) is 24.9. The highest BCUT2D eigenvalue weighted by atomic mass is 127. The fourth-order valence-electron chi connectivity index (χ4n) is 11.4. The van der Waals surface area contributed by atoms with Crippen molar-refractivity contribution >= 4 is 105 Å². The van der Waals surface area contributed by atoms with Crippen molar-refractivity contribution in [2.24, 2.45) is 11.8 Å². The van der Waals surface area contributed by atoms with E-state index in [2.05, 4.69) is 21.3 Å². The summed E-state index contributed by atoms with van der Waals surface area (Å²) in [4.78, 5) is 183. The minimum Gasteiger partial charge on any atom is -0.507 e. The summed E-state index contributed by atoms with van der Waals surface area (Å²) in [5.74, 6) is -13.3. The van der Waals surface area contributed by atoms with Gasteiger partial charge in [0.1, 0.15) is 41.2 Å². The summed E-state index contributed by atoms with van der Waals surface area (Å²) >= 11 is 1.91. The molecule has 0 aliphatic carbocycles. The number of nitrogens with zero attached hydrogens (tertiary/aromatic N) is 4. The van der Waals surface area contributed by atoms with E-state index in [-0.39, 0.29) is 153 Å². The predicted molar refractivity (Wildman–Crippen MR) is 362 cm³/mol. The summed E-state index contributed by atoms with van der Waals surface area (Å²) in [7, 11) is 0. The number of aromatic hydroxyl groups is 1. The summed E-state index contributed by atoms with van der Waals surface area (Å²) in [5, 5.41) is 88.2. The largest absolute Gasteiger partial charge is 0.507 e. The number of amides is 4. The van der Waals surface area contributed by atoms with E-state index in [1.807, 2.05) is 27.5 Å². The van der Waals surface area contributed by atoms with E-state index in [0.717, 1.165) is 0 Å². The Labute approximate surface area is 583 Å². The molecule has 1 aliphatic heterocycles. The molecular weight excluding hydrogens is 1400 g/mol. The lowest BCUT2D eigenvalue weighted by Crippen LogP contribution is -2.51. The Bertz CT molecular complexity index is 2960. The van der Waals surface area contributed by atoms with E-state index in [4.69, 9.17) is 5.11 Å². The van der Waals surface area contributed by atoms with Gasteiger partial charge in [-0.2, -0.15) is 0 Å². The van der Waals surface area contributed by atoms with Crippen LogP contribution in [0.1, 0.15) is 146 Å². The molecule has 0 spiro atoms. The van der Waals surface area contributed by atoms with Crippen molar-refractivity contribution in [1.29, 1.82) is 0 Å². The molecule has 1 aliphatic rings. The Balaban J connectivity index is 1.58. The molecule has 30 nitrogen and oxygen atoms in total. The number of carbonyl (C=O) groups is 14. The quantitative estimate of drug-likeness (QED) is 0.0330. The molecule has 2 aromatic carbocycles. The maximum Gasteiger partial charge on any atom is 0.326 e.